The Morgan fingerprint density at radius 2 is 2.25 bits per heavy atom. The number of ether oxygens (including phenoxy) is 2. The Labute approximate surface area is 114 Å². The molecule has 1 atom stereocenters. The summed E-state index contributed by atoms with van der Waals surface area (Å²) in [6.45, 7) is -1.74. The summed E-state index contributed by atoms with van der Waals surface area (Å²) in [6, 6.07) is 5.60. The van der Waals surface area contributed by atoms with Crippen LogP contribution in [0.15, 0.2) is 24.3 Å². The summed E-state index contributed by atoms with van der Waals surface area (Å²) in [5.74, 6) is -0.921. The number of halogens is 2. The standard InChI is InChI=1S/C13H15F2NO4/c14-13(15)20-11-4-2-1-3-9(11)7-16-5-6-19-8-10(16)12(17)18/h1-4,10,13H,5-8H2,(H,17,18). The van der Waals surface area contributed by atoms with Crippen LogP contribution < -0.4 is 4.74 Å². The monoisotopic (exact) mass is 287 g/mol. The number of hydrogen-bond donors (Lipinski definition) is 1. The number of hydrogen-bond acceptors (Lipinski definition) is 4. The molecule has 0 bridgehead atoms. The first-order valence-corrected chi connectivity index (χ1v) is 6.15. The van der Waals surface area contributed by atoms with Gasteiger partial charge in [0.1, 0.15) is 11.8 Å². The molecule has 1 saturated heterocycles. The second-order valence-electron chi connectivity index (χ2n) is 4.39. The summed E-state index contributed by atoms with van der Waals surface area (Å²) >= 11 is 0. The number of rotatable bonds is 5. The zero-order chi connectivity index (χ0) is 14.5. The summed E-state index contributed by atoms with van der Waals surface area (Å²) in [5.41, 5.74) is 0.529. The normalized spacial score (nSPS) is 20.1. The molecule has 1 fully saturated rings. The molecule has 5 nitrogen and oxygen atoms in total. The molecule has 110 valence electrons. The SMILES string of the molecule is O=C(O)C1COCCN1Cc1ccccc1OC(F)F. The van der Waals surface area contributed by atoms with Crippen molar-refractivity contribution in [3.63, 3.8) is 0 Å². The zero-order valence-corrected chi connectivity index (χ0v) is 10.7. The van der Waals surface area contributed by atoms with E-state index in [4.69, 9.17) is 9.84 Å². The predicted molar refractivity (Wildman–Crippen MR) is 65.7 cm³/mol. The minimum absolute atomic E-state index is 0.0677. The van der Waals surface area contributed by atoms with Crippen LogP contribution in [-0.2, 0) is 16.1 Å². The van der Waals surface area contributed by atoms with Crippen molar-refractivity contribution in [1.29, 1.82) is 0 Å². The van der Waals surface area contributed by atoms with Crippen molar-refractivity contribution in [2.24, 2.45) is 0 Å². The van der Waals surface area contributed by atoms with Gasteiger partial charge < -0.3 is 14.6 Å². The highest BCUT2D eigenvalue weighted by atomic mass is 19.3. The van der Waals surface area contributed by atoms with Crippen LogP contribution in [-0.4, -0.2) is 48.4 Å². The van der Waals surface area contributed by atoms with Crippen molar-refractivity contribution in [2.45, 2.75) is 19.2 Å². The largest absolute Gasteiger partial charge is 0.480 e. The minimum atomic E-state index is -2.91. The van der Waals surface area contributed by atoms with Crippen LogP contribution in [0.4, 0.5) is 8.78 Å². The third kappa shape index (κ3) is 3.64. The number of nitrogens with zero attached hydrogens (tertiary/aromatic N) is 1. The Bertz CT molecular complexity index is 469. The van der Waals surface area contributed by atoms with E-state index >= 15 is 0 Å². The summed E-state index contributed by atoms with van der Waals surface area (Å²) < 4.78 is 34.2. The van der Waals surface area contributed by atoms with Gasteiger partial charge in [-0.15, -0.1) is 0 Å². The summed E-state index contributed by atoms with van der Waals surface area (Å²) in [7, 11) is 0. The second-order valence-corrected chi connectivity index (χ2v) is 4.39. The molecule has 2 rings (SSSR count). The predicted octanol–water partition coefficient (Wildman–Crippen LogP) is 1.57. The topological polar surface area (TPSA) is 59.0 Å². The van der Waals surface area contributed by atoms with E-state index in [-0.39, 0.29) is 18.9 Å². The molecule has 7 heteroatoms. The molecule has 0 saturated carbocycles. The van der Waals surface area contributed by atoms with Gasteiger partial charge in [0.2, 0.25) is 0 Å². The molecule has 1 aliphatic heterocycles. The van der Waals surface area contributed by atoms with Gasteiger partial charge >= 0.3 is 12.6 Å². The van der Waals surface area contributed by atoms with E-state index in [1.54, 1.807) is 23.1 Å². The fraction of sp³-hybridized carbons (Fsp3) is 0.462. The van der Waals surface area contributed by atoms with E-state index in [0.717, 1.165) is 0 Å². The molecule has 0 radical (unpaired) electrons. The zero-order valence-electron chi connectivity index (χ0n) is 10.7. The maximum atomic E-state index is 12.3. The number of benzene rings is 1. The van der Waals surface area contributed by atoms with Crippen molar-refractivity contribution >= 4 is 5.97 Å². The third-order valence-corrected chi connectivity index (χ3v) is 3.09. The lowest BCUT2D eigenvalue weighted by molar-refractivity contribution is -0.150. The van der Waals surface area contributed by atoms with Crippen LogP contribution >= 0.6 is 0 Å². The molecule has 1 aromatic rings. The number of carboxylic acid groups (broad SMARTS) is 1. The lowest BCUT2D eigenvalue weighted by atomic mass is 10.1. The fourth-order valence-electron chi connectivity index (χ4n) is 2.12. The van der Waals surface area contributed by atoms with E-state index in [9.17, 15) is 13.6 Å². The Morgan fingerprint density at radius 1 is 1.50 bits per heavy atom. The molecule has 1 N–H and O–H groups in total. The molecular weight excluding hydrogens is 272 g/mol. The van der Waals surface area contributed by atoms with E-state index in [1.165, 1.54) is 6.07 Å². The van der Waals surface area contributed by atoms with E-state index < -0.39 is 18.6 Å². The highest BCUT2D eigenvalue weighted by Crippen LogP contribution is 2.23. The van der Waals surface area contributed by atoms with E-state index in [0.29, 0.717) is 18.7 Å². The van der Waals surface area contributed by atoms with Crippen molar-refractivity contribution in [3.8, 4) is 5.75 Å². The van der Waals surface area contributed by atoms with Crippen LogP contribution in [0.5, 0.6) is 5.75 Å². The Hall–Kier alpha value is -1.73. The van der Waals surface area contributed by atoms with Gasteiger partial charge in [-0.3, -0.25) is 9.69 Å². The molecular formula is C13H15F2NO4. The van der Waals surface area contributed by atoms with Crippen molar-refractivity contribution in [1.82, 2.24) is 4.90 Å². The quantitative estimate of drug-likeness (QED) is 0.891. The molecule has 0 amide bonds. The number of alkyl halides is 2. The van der Waals surface area contributed by atoms with Gasteiger partial charge in [0, 0.05) is 18.7 Å². The Morgan fingerprint density at radius 3 is 2.95 bits per heavy atom. The maximum Gasteiger partial charge on any atom is 0.387 e. The van der Waals surface area contributed by atoms with Gasteiger partial charge in [-0.2, -0.15) is 8.78 Å². The van der Waals surface area contributed by atoms with Gasteiger partial charge in [-0.1, -0.05) is 18.2 Å². The van der Waals surface area contributed by atoms with Gasteiger partial charge in [-0.25, -0.2) is 0 Å². The molecule has 20 heavy (non-hydrogen) atoms. The van der Waals surface area contributed by atoms with Crippen LogP contribution in [0.3, 0.4) is 0 Å². The number of carbonyl (C=O) groups is 1. The average molecular weight is 287 g/mol. The highest BCUT2D eigenvalue weighted by molar-refractivity contribution is 5.73. The van der Waals surface area contributed by atoms with Crippen LogP contribution in [0.1, 0.15) is 5.56 Å². The molecule has 1 unspecified atom stereocenters. The molecule has 1 aromatic carbocycles. The molecule has 0 aromatic heterocycles. The van der Waals surface area contributed by atoms with E-state index in [1.807, 2.05) is 0 Å². The highest BCUT2D eigenvalue weighted by Gasteiger charge is 2.29. The average Bonchev–Trinajstić information content (AvgIpc) is 2.41. The van der Waals surface area contributed by atoms with Gasteiger partial charge in [0.25, 0.3) is 0 Å². The van der Waals surface area contributed by atoms with Crippen LogP contribution in [0.25, 0.3) is 0 Å². The number of aliphatic carboxylic acids is 1. The first kappa shape index (κ1) is 14.7. The lowest BCUT2D eigenvalue weighted by Crippen LogP contribution is -2.49. The second kappa shape index (κ2) is 6.62. The van der Waals surface area contributed by atoms with Gasteiger partial charge in [0.15, 0.2) is 0 Å². The molecule has 1 heterocycles. The smallest absolute Gasteiger partial charge is 0.387 e. The number of morpholine rings is 1. The van der Waals surface area contributed by atoms with Gasteiger partial charge in [0.05, 0.1) is 13.2 Å². The first-order chi connectivity index (χ1) is 9.58. The maximum absolute atomic E-state index is 12.3. The van der Waals surface area contributed by atoms with Crippen LogP contribution in [0, 0.1) is 0 Å². The Balaban J connectivity index is 2.13. The van der Waals surface area contributed by atoms with Crippen molar-refractivity contribution in [3.05, 3.63) is 29.8 Å². The number of para-hydroxylation sites is 1. The summed E-state index contributed by atoms with van der Waals surface area (Å²) in [5, 5.41) is 9.13. The third-order valence-electron chi connectivity index (χ3n) is 3.09. The van der Waals surface area contributed by atoms with Crippen molar-refractivity contribution in [2.75, 3.05) is 19.8 Å². The first-order valence-electron chi connectivity index (χ1n) is 6.15. The van der Waals surface area contributed by atoms with Crippen LogP contribution in [0.2, 0.25) is 0 Å². The summed E-state index contributed by atoms with van der Waals surface area (Å²) in [4.78, 5) is 12.8. The molecule has 1 aliphatic rings. The summed E-state index contributed by atoms with van der Waals surface area (Å²) in [6.07, 6.45) is 0. The lowest BCUT2D eigenvalue weighted by Gasteiger charge is -2.33. The molecule has 0 aliphatic carbocycles. The van der Waals surface area contributed by atoms with Crippen molar-refractivity contribution < 1.29 is 28.2 Å². The Kier molecular flexibility index (Phi) is 4.86. The number of carboxylic acids is 1. The fourth-order valence-corrected chi connectivity index (χ4v) is 2.12. The molecule has 0 spiro atoms. The van der Waals surface area contributed by atoms with E-state index in [2.05, 4.69) is 4.74 Å². The van der Waals surface area contributed by atoms with Gasteiger partial charge in [-0.05, 0) is 6.07 Å². The minimum Gasteiger partial charge on any atom is -0.480 e.